The Hall–Kier alpha value is -3.93. The number of hydrogen-bond donors (Lipinski definition) is 2. The van der Waals surface area contributed by atoms with Crippen LogP contribution in [0, 0.1) is 11.7 Å². The maximum absolute atomic E-state index is 15.6. The van der Waals surface area contributed by atoms with E-state index in [1.165, 1.54) is 18.3 Å². The Labute approximate surface area is 234 Å². The highest BCUT2D eigenvalue weighted by Gasteiger charge is 2.36. The quantitative estimate of drug-likeness (QED) is 0.380. The molecule has 2 aromatic heterocycles. The van der Waals surface area contributed by atoms with E-state index in [1.807, 2.05) is 25.8 Å². The Bertz CT molecular complexity index is 1480. The van der Waals surface area contributed by atoms with Crippen molar-refractivity contribution < 1.29 is 27.1 Å². The van der Waals surface area contributed by atoms with Crippen LogP contribution >= 0.6 is 0 Å². The molecule has 218 valence electrons. The van der Waals surface area contributed by atoms with E-state index in [0.29, 0.717) is 48.8 Å². The van der Waals surface area contributed by atoms with Crippen LogP contribution in [0.1, 0.15) is 42.6 Å². The Morgan fingerprint density at radius 1 is 1.15 bits per heavy atom. The van der Waals surface area contributed by atoms with E-state index < -0.39 is 34.6 Å². The zero-order valence-electron chi connectivity index (χ0n) is 22.9. The van der Waals surface area contributed by atoms with E-state index in [2.05, 4.69) is 20.2 Å². The Morgan fingerprint density at radius 3 is 2.46 bits per heavy atom. The molecule has 1 aliphatic heterocycles. The number of ether oxygens (including phenoxy) is 1. The molecule has 1 aromatic carbocycles. The average Bonchev–Trinajstić information content (AvgIpc) is 3.75. The van der Waals surface area contributed by atoms with Crippen molar-refractivity contribution in [2.45, 2.75) is 44.9 Å². The van der Waals surface area contributed by atoms with Gasteiger partial charge in [0.2, 0.25) is 11.4 Å². The van der Waals surface area contributed by atoms with Gasteiger partial charge in [-0.25, -0.2) is 9.37 Å². The molecule has 2 atom stereocenters. The van der Waals surface area contributed by atoms with Crippen LogP contribution in [-0.2, 0) is 6.18 Å². The average molecular weight is 574 g/mol. The van der Waals surface area contributed by atoms with Crippen molar-refractivity contribution in [1.29, 1.82) is 0 Å². The van der Waals surface area contributed by atoms with E-state index in [4.69, 9.17) is 4.74 Å². The number of halogens is 4. The van der Waals surface area contributed by atoms with E-state index in [-0.39, 0.29) is 23.3 Å². The summed E-state index contributed by atoms with van der Waals surface area (Å²) >= 11 is 0. The molecule has 3 heterocycles. The fourth-order valence-corrected chi connectivity index (χ4v) is 4.94. The zero-order chi connectivity index (χ0) is 29.5. The van der Waals surface area contributed by atoms with Gasteiger partial charge in [-0.05, 0) is 57.9 Å². The Kier molecular flexibility index (Phi) is 7.78. The molecule has 0 bridgehead atoms. The number of benzene rings is 1. The fourth-order valence-electron chi connectivity index (χ4n) is 4.94. The standard InChI is InChI=1S/C29H31F4N5O3/c1-16-13-38(14-17(2)37(16)3)25-10-23(30)20(19-6-7-27(35-11-19)41-15-18-4-5-18)8-24(25)36-28(40)21-12-34-26(39)9-22(21)29(31,32)33/h6-12,16-18H,4-5,13-15H2,1-3H3,(H,34,39)(H,36,40). The first kappa shape index (κ1) is 28.6. The number of alkyl halides is 3. The third-order valence-electron chi connectivity index (χ3n) is 7.72. The van der Waals surface area contributed by atoms with Crippen molar-refractivity contribution in [2.24, 2.45) is 5.92 Å². The molecular weight excluding hydrogens is 542 g/mol. The molecular formula is C29H31F4N5O3. The lowest BCUT2D eigenvalue weighted by Gasteiger charge is -2.44. The summed E-state index contributed by atoms with van der Waals surface area (Å²) < 4.78 is 62.3. The predicted octanol–water partition coefficient (Wildman–Crippen LogP) is 5.16. The molecule has 41 heavy (non-hydrogen) atoms. The van der Waals surface area contributed by atoms with Gasteiger partial charge >= 0.3 is 6.18 Å². The van der Waals surface area contributed by atoms with Crippen molar-refractivity contribution in [3.8, 4) is 17.0 Å². The molecule has 12 heteroatoms. The van der Waals surface area contributed by atoms with Gasteiger partial charge in [0.25, 0.3) is 5.91 Å². The normalized spacial score (nSPS) is 19.7. The smallest absolute Gasteiger partial charge is 0.417 e. The summed E-state index contributed by atoms with van der Waals surface area (Å²) in [5.74, 6) is -0.729. The number of carbonyl (C=O) groups excluding carboxylic acids is 1. The highest BCUT2D eigenvalue weighted by molar-refractivity contribution is 6.07. The highest BCUT2D eigenvalue weighted by atomic mass is 19.4. The third kappa shape index (κ3) is 6.37. The van der Waals surface area contributed by atoms with Crippen LogP contribution in [0.5, 0.6) is 5.88 Å². The number of pyridine rings is 2. The minimum atomic E-state index is -4.94. The molecule has 3 aromatic rings. The molecule has 1 saturated heterocycles. The highest BCUT2D eigenvalue weighted by Crippen LogP contribution is 2.37. The van der Waals surface area contributed by atoms with E-state index >= 15 is 4.39 Å². The van der Waals surface area contributed by atoms with Gasteiger partial charge in [0, 0.05) is 60.8 Å². The number of hydrogen-bond acceptors (Lipinski definition) is 6. The van der Waals surface area contributed by atoms with Gasteiger partial charge in [0.15, 0.2) is 0 Å². The molecule has 1 saturated carbocycles. The van der Waals surface area contributed by atoms with Crippen LogP contribution in [0.4, 0.5) is 28.9 Å². The lowest BCUT2D eigenvalue weighted by molar-refractivity contribution is -0.138. The second kappa shape index (κ2) is 11.2. The summed E-state index contributed by atoms with van der Waals surface area (Å²) in [6, 6.07) is 6.48. The minimum absolute atomic E-state index is 0.0912. The minimum Gasteiger partial charge on any atom is -0.477 e. The van der Waals surface area contributed by atoms with Crippen LogP contribution in [0.15, 0.2) is 47.5 Å². The van der Waals surface area contributed by atoms with E-state index in [9.17, 15) is 22.8 Å². The van der Waals surface area contributed by atoms with Crippen LogP contribution in [-0.4, -0.2) is 59.6 Å². The molecule has 5 rings (SSSR count). The van der Waals surface area contributed by atoms with Crippen LogP contribution in [0.3, 0.4) is 0 Å². The molecule has 0 radical (unpaired) electrons. The van der Waals surface area contributed by atoms with Crippen molar-refractivity contribution in [3.63, 3.8) is 0 Å². The van der Waals surface area contributed by atoms with Crippen LogP contribution in [0.25, 0.3) is 11.1 Å². The summed E-state index contributed by atoms with van der Waals surface area (Å²) in [6.07, 6.45) is -0.503. The van der Waals surface area contributed by atoms with Gasteiger partial charge in [-0.2, -0.15) is 13.2 Å². The predicted molar refractivity (Wildman–Crippen MR) is 147 cm³/mol. The van der Waals surface area contributed by atoms with Crippen molar-refractivity contribution in [1.82, 2.24) is 14.9 Å². The molecule has 2 aliphatic rings. The molecule has 2 unspecified atom stereocenters. The molecule has 2 N–H and O–H groups in total. The lowest BCUT2D eigenvalue weighted by atomic mass is 10.0. The molecule has 0 spiro atoms. The van der Waals surface area contributed by atoms with Gasteiger partial charge < -0.3 is 19.9 Å². The fraction of sp³-hybridized carbons (Fsp3) is 0.414. The second-order valence-corrected chi connectivity index (χ2v) is 10.8. The number of anilines is 2. The maximum Gasteiger partial charge on any atom is 0.417 e. The van der Waals surface area contributed by atoms with Gasteiger partial charge in [0.05, 0.1) is 29.1 Å². The summed E-state index contributed by atoms with van der Waals surface area (Å²) in [6.45, 7) is 5.60. The third-order valence-corrected chi connectivity index (χ3v) is 7.72. The van der Waals surface area contributed by atoms with E-state index in [1.54, 1.807) is 12.1 Å². The Balaban J connectivity index is 1.52. The van der Waals surface area contributed by atoms with Crippen molar-refractivity contribution in [2.75, 3.05) is 37.0 Å². The number of aromatic amines is 1. The number of amides is 1. The monoisotopic (exact) mass is 573 g/mol. The second-order valence-electron chi connectivity index (χ2n) is 10.8. The SMILES string of the molecule is CC1CN(c2cc(F)c(-c3ccc(OCC4CC4)nc3)cc2NC(=O)c2c[nH]c(=O)cc2C(F)(F)F)CC(C)N1C. The van der Waals surface area contributed by atoms with Gasteiger partial charge in [-0.1, -0.05) is 0 Å². The molecule has 1 amide bonds. The van der Waals surface area contributed by atoms with Crippen molar-refractivity contribution in [3.05, 3.63) is 70.0 Å². The number of nitrogens with zero attached hydrogens (tertiary/aromatic N) is 3. The maximum atomic E-state index is 15.6. The number of H-pyrrole nitrogens is 1. The van der Waals surface area contributed by atoms with E-state index in [0.717, 1.165) is 19.0 Å². The Morgan fingerprint density at radius 2 is 1.85 bits per heavy atom. The number of likely N-dealkylation sites (N-methyl/N-ethyl adjacent to an activating group) is 1. The summed E-state index contributed by atoms with van der Waals surface area (Å²) in [4.78, 5) is 35.3. The molecule has 8 nitrogen and oxygen atoms in total. The first-order chi connectivity index (χ1) is 19.4. The van der Waals surface area contributed by atoms with Gasteiger partial charge in [-0.3, -0.25) is 14.5 Å². The molecule has 1 aliphatic carbocycles. The summed E-state index contributed by atoms with van der Waals surface area (Å²) in [5, 5.41) is 2.56. The van der Waals surface area contributed by atoms with Crippen molar-refractivity contribution >= 4 is 17.3 Å². The largest absolute Gasteiger partial charge is 0.477 e. The van der Waals surface area contributed by atoms with Crippen LogP contribution < -0.4 is 20.5 Å². The van der Waals surface area contributed by atoms with Gasteiger partial charge in [-0.15, -0.1) is 0 Å². The first-order valence-corrected chi connectivity index (χ1v) is 13.4. The van der Waals surface area contributed by atoms with Gasteiger partial charge in [0.1, 0.15) is 5.82 Å². The number of piperazine rings is 1. The number of rotatable bonds is 7. The first-order valence-electron chi connectivity index (χ1n) is 13.4. The number of carbonyl (C=O) groups is 1. The number of nitrogens with one attached hydrogen (secondary N) is 2. The number of aromatic nitrogens is 2. The zero-order valence-corrected chi connectivity index (χ0v) is 22.9. The lowest BCUT2D eigenvalue weighted by Crippen LogP contribution is -2.55. The molecule has 2 fully saturated rings. The van der Waals surface area contributed by atoms with Crippen LogP contribution in [0.2, 0.25) is 0 Å². The topological polar surface area (TPSA) is 90.6 Å². The summed E-state index contributed by atoms with van der Waals surface area (Å²) in [5.41, 5.74) is -2.13. The summed E-state index contributed by atoms with van der Waals surface area (Å²) in [7, 11) is 1.99.